The van der Waals surface area contributed by atoms with Gasteiger partial charge >= 0.3 is 6.03 Å². The van der Waals surface area contributed by atoms with Gasteiger partial charge in [-0.25, -0.2) is 14.8 Å². The first-order chi connectivity index (χ1) is 15.7. The fraction of sp³-hybridized carbons (Fsp3) is 0.192. The Labute approximate surface area is 188 Å². The van der Waals surface area contributed by atoms with E-state index in [-0.39, 0.29) is 11.9 Å². The second kappa shape index (κ2) is 10.4. The minimum Gasteiger partial charge on any atom is -0.338 e. The second-order valence-electron chi connectivity index (χ2n) is 7.64. The van der Waals surface area contributed by atoms with Crippen LogP contribution in [0.1, 0.15) is 34.9 Å². The molecule has 0 aliphatic rings. The van der Waals surface area contributed by atoms with Gasteiger partial charge in [0.2, 0.25) is 0 Å². The van der Waals surface area contributed by atoms with E-state index < -0.39 is 0 Å². The van der Waals surface area contributed by atoms with E-state index in [0.29, 0.717) is 13.1 Å². The van der Waals surface area contributed by atoms with Crippen molar-refractivity contribution in [2.24, 2.45) is 0 Å². The van der Waals surface area contributed by atoms with Crippen molar-refractivity contribution in [3.05, 3.63) is 114 Å². The lowest BCUT2D eigenvalue weighted by molar-refractivity contribution is 0.240. The van der Waals surface area contributed by atoms with Gasteiger partial charge in [-0.3, -0.25) is 4.57 Å². The minimum absolute atomic E-state index is 0.179. The SMILES string of the molecule is Cc1nccn1-c1cc(CNC(=O)NCCC(c2ccccc2)c2ccccc2)ccn1. The van der Waals surface area contributed by atoms with Gasteiger partial charge in [0.1, 0.15) is 11.6 Å². The molecular weight excluding hydrogens is 398 g/mol. The van der Waals surface area contributed by atoms with Crippen LogP contribution in [0.15, 0.2) is 91.4 Å². The summed E-state index contributed by atoms with van der Waals surface area (Å²) in [4.78, 5) is 21.0. The third kappa shape index (κ3) is 5.40. The van der Waals surface area contributed by atoms with E-state index in [2.05, 4.69) is 69.1 Å². The Morgan fingerprint density at radius 2 is 1.59 bits per heavy atom. The summed E-state index contributed by atoms with van der Waals surface area (Å²) >= 11 is 0. The zero-order valence-corrected chi connectivity index (χ0v) is 18.1. The van der Waals surface area contributed by atoms with E-state index in [4.69, 9.17) is 0 Å². The molecule has 162 valence electrons. The number of benzene rings is 2. The number of urea groups is 1. The third-order valence-corrected chi connectivity index (χ3v) is 5.46. The maximum Gasteiger partial charge on any atom is 0.315 e. The van der Waals surface area contributed by atoms with Crippen LogP contribution in [0.25, 0.3) is 5.82 Å². The summed E-state index contributed by atoms with van der Waals surface area (Å²) in [6, 6.07) is 24.5. The molecule has 0 saturated carbocycles. The standard InChI is InChI=1S/C26H27N5O/c1-20-27-16-17-31(20)25-18-21(12-14-28-25)19-30-26(32)29-15-13-24(22-8-4-2-5-9-22)23-10-6-3-7-11-23/h2-12,14,16-18,24H,13,15,19H2,1H3,(H2,29,30,32). The van der Waals surface area contributed by atoms with Crippen LogP contribution >= 0.6 is 0 Å². The largest absolute Gasteiger partial charge is 0.338 e. The fourth-order valence-corrected chi connectivity index (χ4v) is 3.79. The number of nitrogens with one attached hydrogen (secondary N) is 2. The van der Waals surface area contributed by atoms with E-state index in [0.717, 1.165) is 23.6 Å². The summed E-state index contributed by atoms with van der Waals surface area (Å²) in [6.45, 7) is 2.93. The van der Waals surface area contributed by atoms with Gasteiger partial charge in [0, 0.05) is 37.6 Å². The van der Waals surface area contributed by atoms with Gasteiger partial charge in [-0.2, -0.15) is 0 Å². The van der Waals surface area contributed by atoms with Crippen molar-refractivity contribution in [1.29, 1.82) is 0 Å². The molecule has 0 aliphatic heterocycles. The minimum atomic E-state index is -0.179. The average Bonchev–Trinajstić information content (AvgIpc) is 3.28. The van der Waals surface area contributed by atoms with Gasteiger partial charge in [0.15, 0.2) is 0 Å². The molecule has 0 saturated heterocycles. The number of aryl methyl sites for hydroxylation is 1. The van der Waals surface area contributed by atoms with Gasteiger partial charge in [-0.15, -0.1) is 0 Å². The number of nitrogens with zero attached hydrogens (tertiary/aromatic N) is 3. The number of pyridine rings is 1. The zero-order valence-electron chi connectivity index (χ0n) is 18.1. The van der Waals surface area contributed by atoms with Crippen LogP contribution in [-0.2, 0) is 6.54 Å². The van der Waals surface area contributed by atoms with Crippen molar-refractivity contribution in [1.82, 2.24) is 25.2 Å². The number of hydrogen-bond donors (Lipinski definition) is 2. The lowest BCUT2D eigenvalue weighted by atomic mass is 9.88. The van der Waals surface area contributed by atoms with Gasteiger partial charge in [-0.05, 0) is 42.2 Å². The summed E-state index contributed by atoms with van der Waals surface area (Å²) in [5, 5.41) is 5.93. The molecule has 2 aromatic carbocycles. The number of hydrogen-bond acceptors (Lipinski definition) is 3. The number of imidazole rings is 1. The molecule has 0 aliphatic carbocycles. The third-order valence-electron chi connectivity index (χ3n) is 5.46. The predicted octanol–water partition coefficient (Wildman–Crippen LogP) is 4.60. The van der Waals surface area contributed by atoms with E-state index >= 15 is 0 Å². The summed E-state index contributed by atoms with van der Waals surface area (Å²) < 4.78 is 1.91. The molecule has 0 spiro atoms. The van der Waals surface area contributed by atoms with E-state index in [1.807, 2.05) is 42.0 Å². The fourth-order valence-electron chi connectivity index (χ4n) is 3.79. The first-order valence-electron chi connectivity index (χ1n) is 10.8. The molecule has 0 bridgehead atoms. The van der Waals surface area contributed by atoms with Gasteiger partial charge in [0.25, 0.3) is 0 Å². The Kier molecular flexibility index (Phi) is 6.92. The molecule has 6 nitrogen and oxygen atoms in total. The normalized spacial score (nSPS) is 10.8. The summed E-state index contributed by atoms with van der Waals surface area (Å²) in [5.74, 6) is 1.89. The van der Waals surface area contributed by atoms with Crippen molar-refractivity contribution in [3.8, 4) is 5.82 Å². The van der Waals surface area contributed by atoms with Crippen LogP contribution in [0, 0.1) is 6.92 Å². The van der Waals surface area contributed by atoms with Crippen LogP contribution in [0.4, 0.5) is 4.79 Å². The molecule has 0 unspecified atom stereocenters. The first-order valence-corrected chi connectivity index (χ1v) is 10.8. The topological polar surface area (TPSA) is 71.8 Å². The highest BCUT2D eigenvalue weighted by Gasteiger charge is 2.14. The van der Waals surface area contributed by atoms with Crippen LogP contribution in [-0.4, -0.2) is 27.1 Å². The van der Waals surface area contributed by atoms with Crippen molar-refractivity contribution >= 4 is 6.03 Å². The lowest BCUT2D eigenvalue weighted by Gasteiger charge is -2.18. The first kappa shape index (κ1) is 21.3. The Hall–Kier alpha value is -3.93. The maximum atomic E-state index is 12.4. The molecule has 6 heteroatoms. The molecule has 2 heterocycles. The number of carbonyl (C=O) groups is 1. The molecule has 4 rings (SSSR count). The van der Waals surface area contributed by atoms with Crippen LogP contribution < -0.4 is 10.6 Å². The van der Waals surface area contributed by atoms with Crippen LogP contribution in [0.3, 0.4) is 0 Å². The monoisotopic (exact) mass is 425 g/mol. The molecule has 2 aromatic heterocycles. The van der Waals surface area contributed by atoms with Crippen molar-refractivity contribution in [2.45, 2.75) is 25.8 Å². The highest BCUT2D eigenvalue weighted by Crippen LogP contribution is 2.27. The molecular formula is C26H27N5O. The van der Waals surface area contributed by atoms with Crippen molar-refractivity contribution < 1.29 is 4.79 Å². The molecule has 0 atom stereocenters. The molecule has 0 fully saturated rings. The zero-order chi connectivity index (χ0) is 22.2. The van der Waals surface area contributed by atoms with Gasteiger partial charge in [0.05, 0.1) is 0 Å². The maximum absolute atomic E-state index is 12.4. The Balaban J connectivity index is 1.31. The molecule has 4 aromatic rings. The summed E-state index contributed by atoms with van der Waals surface area (Å²) in [5.41, 5.74) is 3.48. The summed E-state index contributed by atoms with van der Waals surface area (Å²) in [6.07, 6.45) is 6.18. The van der Waals surface area contributed by atoms with E-state index in [1.165, 1.54) is 11.1 Å². The number of rotatable bonds is 8. The van der Waals surface area contributed by atoms with E-state index in [9.17, 15) is 4.79 Å². The van der Waals surface area contributed by atoms with E-state index in [1.54, 1.807) is 12.4 Å². The van der Waals surface area contributed by atoms with Crippen LogP contribution in [0.2, 0.25) is 0 Å². The van der Waals surface area contributed by atoms with Crippen molar-refractivity contribution in [2.75, 3.05) is 6.54 Å². The summed E-state index contributed by atoms with van der Waals surface area (Å²) in [7, 11) is 0. The second-order valence-corrected chi connectivity index (χ2v) is 7.64. The molecule has 32 heavy (non-hydrogen) atoms. The number of aromatic nitrogens is 3. The Morgan fingerprint density at radius 3 is 2.22 bits per heavy atom. The average molecular weight is 426 g/mol. The van der Waals surface area contributed by atoms with Crippen LogP contribution in [0.5, 0.6) is 0 Å². The molecule has 2 amide bonds. The Morgan fingerprint density at radius 1 is 0.906 bits per heavy atom. The number of amides is 2. The van der Waals surface area contributed by atoms with Gasteiger partial charge in [-0.1, -0.05) is 60.7 Å². The number of carbonyl (C=O) groups excluding carboxylic acids is 1. The molecule has 2 N–H and O–H groups in total. The smallest absolute Gasteiger partial charge is 0.315 e. The quantitative estimate of drug-likeness (QED) is 0.433. The highest BCUT2D eigenvalue weighted by atomic mass is 16.2. The highest BCUT2D eigenvalue weighted by molar-refractivity contribution is 5.73. The lowest BCUT2D eigenvalue weighted by Crippen LogP contribution is -2.36. The predicted molar refractivity (Wildman–Crippen MR) is 126 cm³/mol. The molecule has 0 radical (unpaired) electrons. The Bertz CT molecular complexity index is 1100. The van der Waals surface area contributed by atoms with Crippen molar-refractivity contribution in [3.63, 3.8) is 0 Å². The van der Waals surface area contributed by atoms with Gasteiger partial charge < -0.3 is 10.6 Å².